The van der Waals surface area contributed by atoms with Gasteiger partial charge in [0.05, 0.1) is 0 Å². The lowest BCUT2D eigenvalue weighted by Crippen LogP contribution is -2.56. The van der Waals surface area contributed by atoms with E-state index in [1.54, 1.807) is 24.3 Å². The normalized spacial score (nSPS) is 18.4. The van der Waals surface area contributed by atoms with Crippen LogP contribution < -0.4 is 14.8 Å². The molecule has 1 aliphatic rings. The van der Waals surface area contributed by atoms with E-state index in [0.29, 0.717) is 11.5 Å². The predicted molar refractivity (Wildman–Crippen MR) is 80.1 cm³/mol. The smallest absolute Gasteiger partial charge is 0.385 e. The van der Waals surface area contributed by atoms with Crippen LogP contribution in [0.15, 0.2) is 60.7 Å². The lowest BCUT2D eigenvalue weighted by Gasteiger charge is -2.33. The number of aliphatic hydroxyl groups is 1. The Bertz CT molecular complexity index is 511. The summed E-state index contributed by atoms with van der Waals surface area (Å²) < 4.78 is 11.5. The van der Waals surface area contributed by atoms with Crippen molar-refractivity contribution in [2.24, 2.45) is 0 Å². The zero-order valence-electron chi connectivity index (χ0n) is 11.7. The SMILES string of the molecule is OC(Oc1ccccc1)(Oc1ccccc1)[C@@H]1CCCN1. The highest BCUT2D eigenvalue weighted by molar-refractivity contribution is 5.24. The van der Waals surface area contributed by atoms with Gasteiger partial charge in [0.2, 0.25) is 0 Å². The van der Waals surface area contributed by atoms with Gasteiger partial charge < -0.3 is 19.9 Å². The van der Waals surface area contributed by atoms with E-state index in [9.17, 15) is 5.11 Å². The molecule has 1 atom stereocenters. The Labute approximate surface area is 124 Å². The second-order valence-electron chi connectivity index (χ2n) is 5.11. The molecule has 0 aromatic heterocycles. The highest BCUT2D eigenvalue weighted by Crippen LogP contribution is 2.27. The number of ether oxygens (including phenoxy) is 2. The molecule has 1 aliphatic heterocycles. The number of rotatable bonds is 5. The third-order valence-corrected chi connectivity index (χ3v) is 3.52. The van der Waals surface area contributed by atoms with Crippen molar-refractivity contribution in [1.29, 1.82) is 0 Å². The van der Waals surface area contributed by atoms with Gasteiger partial charge in [-0.2, -0.15) is 0 Å². The number of para-hydroxylation sites is 2. The lowest BCUT2D eigenvalue weighted by atomic mass is 10.2. The summed E-state index contributed by atoms with van der Waals surface area (Å²) in [5, 5.41) is 14.1. The first-order chi connectivity index (χ1) is 10.3. The first-order valence-electron chi connectivity index (χ1n) is 7.20. The molecule has 0 bridgehead atoms. The Balaban J connectivity index is 1.83. The molecular formula is C17H19NO3. The van der Waals surface area contributed by atoms with Gasteiger partial charge in [-0.15, -0.1) is 0 Å². The van der Waals surface area contributed by atoms with Gasteiger partial charge >= 0.3 is 5.97 Å². The fraction of sp³-hybridized carbons (Fsp3) is 0.294. The van der Waals surface area contributed by atoms with Crippen molar-refractivity contribution in [2.45, 2.75) is 24.9 Å². The van der Waals surface area contributed by atoms with Crippen molar-refractivity contribution in [3.05, 3.63) is 60.7 Å². The molecule has 0 saturated carbocycles. The number of nitrogens with one attached hydrogen (secondary N) is 1. The first-order valence-corrected chi connectivity index (χ1v) is 7.20. The van der Waals surface area contributed by atoms with E-state index in [1.807, 2.05) is 36.4 Å². The van der Waals surface area contributed by atoms with E-state index in [-0.39, 0.29) is 6.04 Å². The monoisotopic (exact) mass is 285 g/mol. The summed E-state index contributed by atoms with van der Waals surface area (Å²) in [6, 6.07) is 18.2. The van der Waals surface area contributed by atoms with Crippen molar-refractivity contribution in [1.82, 2.24) is 5.32 Å². The van der Waals surface area contributed by atoms with Crippen molar-refractivity contribution in [2.75, 3.05) is 6.54 Å². The Morgan fingerprint density at radius 1 is 0.905 bits per heavy atom. The lowest BCUT2D eigenvalue weighted by molar-refractivity contribution is -0.287. The van der Waals surface area contributed by atoms with Gasteiger partial charge in [-0.25, -0.2) is 0 Å². The van der Waals surface area contributed by atoms with Gasteiger partial charge in [0.15, 0.2) is 0 Å². The second-order valence-corrected chi connectivity index (χ2v) is 5.11. The molecule has 0 unspecified atom stereocenters. The van der Waals surface area contributed by atoms with E-state index in [1.165, 1.54) is 0 Å². The molecule has 2 aromatic rings. The van der Waals surface area contributed by atoms with Gasteiger partial charge in [0, 0.05) is 0 Å². The largest absolute Gasteiger partial charge is 0.429 e. The molecule has 4 heteroatoms. The van der Waals surface area contributed by atoms with Crippen LogP contribution in [-0.4, -0.2) is 23.7 Å². The van der Waals surface area contributed by atoms with Crippen LogP contribution in [0.5, 0.6) is 11.5 Å². The van der Waals surface area contributed by atoms with E-state index >= 15 is 0 Å². The van der Waals surface area contributed by atoms with Crippen LogP contribution in [0.3, 0.4) is 0 Å². The third-order valence-electron chi connectivity index (χ3n) is 3.52. The number of hydrogen-bond acceptors (Lipinski definition) is 4. The second kappa shape index (κ2) is 6.16. The number of hydrogen-bond donors (Lipinski definition) is 2. The Hall–Kier alpha value is -2.04. The Kier molecular flexibility index (Phi) is 4.08. The summed E-state index contributed by atoms with van der Waals surface area (Å²) in [6.07, 6.45) is 1.79. The fourth-order valence-electron chi connectivity index (χ4n) is 2.47. The maximum absolute atomic E-state index is 10.9. The van der Waals surface area contributed by atoms with Crippen LogP contribution in [0, 0.1) is 0 Å². The zero-order valence-corrected chi connectivity index (χ0v) is 11.7. The Morgan fingerprint density at radius 2 is 1.43 bits per heavy atom. The molecule has 2 aromatic carbocycles. The maximum Gasteiger partial charge on any atom is 0.385 e. The molecule has 1 saturated heterocycles. The van der Waals surface area contributed by atoms with Crippen molar-refractivity contribution in [3.63, 3.8) is 0 Å². The van der Waals surface area contributed by atoms with Gasteiger partial charge in [0.1, 0.15) is 17.5 Å². The fourth-order valence-corrected chi connectivity index (χ4v) is 2.47. The van der Waals surface area contributed by atoms with Crippen LogP contribution in [0.25, 0.3) is 0 Å². The highest BCUT2D eigenvalue weighted by atomic mass is 16.8. The first kappa shape index (κ1) is 13.9. The van der Waals surface area contributed by atoms with Crippen LogP contribution in [0.2, 0.25) is 0 Å². The van der Waals surface area contributed by atoms with E-state index in [0.717, 1.165) is 19.4 Å². The van der Waals surface area contributed by atoms with Gasteiger partial charge in [0.25, 0.3) is 0 Å². The van der Waals surface area contributed by atoms with E-state index < -0.39 is 5.97 Å². The highest BCUT2D eigenvalue weighted by Gasteiger charge is 2.44. The molecule has 0 aliphatic carbocycles. The van der Waals surface area contributed by atoms with Crippen LogP contribution in [0.4, 0.5) is 0 Å². The van der Waals surface area contributed by atoms with Crippen LogP contribution in [0.1, 0.15) is 12.8 Å². The summed E-state index contributed by atoms with van der Waals surface area (Å²) in [7, 11) is 0. The van der Waals surface area contributed by atoms with E-state index in [2.05, 4.69) is 5.32 Å². The molecule has 1 fully saturated rings. The summed E-state index contributed by atoms with van der Waals surface area (Å²) in [5.74, 6) is -0.576. The minimum absolute atomic E-state index is 0.266. The number of benzene rings is 2. The molecule has 110 valence electrons. The minimum atomic E-state index is -1.72. The van der Waals surface area contributed by atoms with E-state index in [4.69, 9.17) is 9.47 Å². The molecule has 0 spiro atoms. The molecule has 0 amide bonds. The molecule has 1 heterocycles. The molecule has 2 N–H and O–H groups in total. The standard InChI is InChI=1S/C17H19NO3/c19-17(16-12-7-13-18-16,20-14-8-3-1-4-9-14)21-15-10-5-2-6-11-15/h1-6,8-11,16,18-19H,7,12-13H2/t16-/m0/s1. The van der Waals surface area contributed by atoms with Gasteiger partial charge in [-0.1, -0.05) is 36.4 Å². The quantitative estimate of drug-likeness (QED) is 0.829. The third kappa shape index (κ3) is 3.35. The van der Waals surface area contributed by atoms with Gasteiger partial charge in [-0.05, 0) is 43.7 Å². The average Bonchev–Trinajstić information content (AvgIpc) is 3.04. The zero-order chi connectivity index (χ0) is 14.5. The predicted octanol–water partition coefficient (Wildman–Crippen LogP) is 2.54. The molecular weight excluding hydrogens is 266 g/mol. The van der Waals surface area contributed by atoms with Crippen LogP contribution >= 0.6 is 0 Å². The Morgan fingerprint density at radius 3 is 1.86 bits per heavy atom. The maximum atomic E-state index is 10.9. The molecule has 21 heavy (non-hydrogen) atoms. The molecule has 4 nitrogen and oxygen atoms in total. The van der Waals surface area contributed by atoms with Crippen molar-refractivity contribution < 1.29 is 14.6 Å². The minimum Gasteiger partial charge on any atom is -0.429 e. The van der Waals surface area contributed by atoms with Crippen molar-refractivity contribution >= 4 is 0 Å². The summed E-state index contributed by atoms with van der Waals surface area (Å²) in [4.78, 5) is 0. The summed E-state index contributed by atoms with van der Waals surface area (Å²) in [6.45, 7) is 0.850. The van der Waals surface area contributed by atoms with Crippen molar-refractivity contribution in [3.8, 4) is 11.5 Å². The molecule has 3 rings (SSSR count). The molecule has 0 radical (unpaired) electrons. The van der Waals surface area contributed by atoms with Gasteiger partial charge in [-0.3, -0.25) is 0 Å². The van der Waals surface area contributed by atoms with Crippen LogP contribution in [-0.2, 0) is 0 Å². The summed E-state index contributed by atoms with van der Waals surface area (Å²) >= 11 is 0. The average molecular weight is 285 g/mol. The summed E-state index contributed by atoms with van der Waals surface area (Å²) in [5.41, 5.74) is 0. The topological polar surface area (TPSA) is 50.7 Å².